The van der Waals surface area contributed by atoms with E-state index >= 15 is 0 Å². The highest BCUT2D eigenvalue weighted by Gasteiger charge is 2.17. The van der Waals surface area contributed by atoms with E-state index in [0.29, 0.717) is 22.0 Å². The second-order valence-corrected chi connectivity index (χ2v) is 8.94. The van der Waals surface area contributed by atoms with Crippen LogP contribution < -0.4 is 15.4 Å². The van der Waals surface area contributed by atoms with E-state index in [4.69, 9.17) is 28.6 Å². The van der Waals surface area contributed by atoms with Gasteiger partial charge in [0.25, 0.3) is 5.91 Å². The van der Waals surface area contributed by atoms with Crippen LogP contribution in [0.3, 0.4) is 0 Å². The number of thiocarbonyl (C=S) groups is 1. The van der Waals surface area contributed by atoms with Crippen LogP contribution in [0.2, 0.25) is 5.02 Å². The van der Waals surface area contributed by atoms with Crippen LogP contribution in [0.1, 0.15) is 32.6 Å². The molecule has 0 aliphatic rings. The van der Waals surface area contributed by atoms with E-state index in [2.05, 4.69) is 26.6 Å². The van der Waals surface area contributed by atoms with E-state index < -0.39 is 0 Å². The van der Waals surface area contributed by atoms with Crippen molar-refractivity contribution in [2.75, 3.05) is 5.32 Å². The molecule has 0 unspecified atom stereocenters. The van der Waals surface area contributed by atoms with Gasteiger partial charge in [0.05, 0.1) is 10.7 Å². The monoisotopic (exact) mass is 516 g/mol. The molecule has 3 aromatic rings. The number of amides is 1. The lowest BCUT2D eigenvalue weighted by molar-refractivity contribution is 0.0977. The highest BCUT2D eigenvalue weighted by atomic mass is 79.9. The summed E-state index contributed by atoms with van der Waals surface area (Å²) in [6.45, 7) is 7.64. The summed E-state index contributed by atoms with van der Waals surface area (Å²) in [7, 11) is 0. The van der Waals surface area contributed by atoms with Crippen molar-refractivity contribution in [1.29, 1.82) is 0 Å². The van der Waals surface area contributed by atoms with E-state index in [-0.39, 0.29) is 11.0 Å². The second-order valence-electron chi connectivity index (χ2n) is 7.24. The molecule has 0 fully saturated rings. The number of anilines is 1. The first-order valence-corrected chi connectivity index (χ1v) is 11.2. The van der Waals surface area contributed by atoms with Crippen LogP contribution in [0.15, 0.2) is 53.0 Å². The van der Waals surface area contributed by atoms with Crippen molar-refractivity contribution in [2.45, 2.75) is 27.7 Å². The number of benzene rings is 3. The topological polar surface area (TPSA) is 50.4 Å². The normalized spacial score (nSPS) is 10.5. The Hall–Kier alpha value is -2.41. The second kappa shape index (κ2) is 9.81. The molecular formula is C24H22BrClN2O2S. The first-order valence-electron chi connectivity index (χ1n) is 9.59. The molecular weight excluding hydrogens is 496 g/mol. The zero-order valence-electron chi connectivity index (χ0n) is 17.6. The average Bonchev–Trinajstić information content (AvgIpc) is 2.71. The van der Waals surface area contributed by atoms with Gasteiger partial charge in [0.15, 0.2) is 5.11 Å². The van der Waals surface area contributed by atoms with Crippen molar-refractivity contribution < 1.29 is 9.53 Å². The molecule has 0 heterocycles. The molecule has 0 saturated carbocycles. The Bertz CT molecular complexity index is 1180. The van der Waals surface area contributed by atoms with Crippen molar-refractivity contribution >= 4 is 56.5 Å². The number of hydrogen-bond donors (Lipinski definition) is 2. The number of carbonyl (C=O) groups is 1. The standard InChI is InChI=1S/C24H22BrClN2O2S/c1-13-7-5-6-8-18(13)23(29)28-24(31)27-22-15(3)12-20(16(4)21(22)26)30-19-10-9-17(25)11-14(19)2/h5-12H,1-4H3,(H2,27,28,29,31). The number of carbonyl (C=O) groups excluding carboxylic acids is 1. The highest BCUT2D eigenvalue weighted by molar-refractivity contribution is 9.10. The summed E-state index contributed by atoms with van der Waals surface area (Å²) in [5, 5.41) is 6.43. The van der Waals surface area contributed by atoms with Gasteiger partial charge in [-0.25, -0.2) is 0 Å². The molecule has 160 valence electrons. The van der Waals surface area contributed by atoms with Crippen LogP contribution in [0.25, 0.3) is 0 Å². The third kappa shape index (κ3) is 5.45. The van der Waals surface area contributed by atoms with Crippen LogP contribution in [0, 0.1) is 27.7 Å². The summed E-state index contributed by atoms with van der Waals surface area (Å²) < 4.78 is 7.11. The fourth-order valence-corrected chi connectivity index (χ4v) is 4.05. The molecule has 0 spiro atoms. The summed E-state index contributed by atoms with van der Waals surface area (Å²) in [5.41, 5.74) is 4.69. The zero-order valence-corrected chi connectivity index (χ0v) is 20.8. The quantitative estimate of drug-likeness (QED) is 0.358. The number of rotatable bonds is 4. The van der Waals surface area contributed by atoms with Gasteiger partial charge >= 0.3 is 0 Å². The predicted octanol–water partition coefficient (Wildman–Crippen LogP) is 7.26. The zero-order chi connectivity index (χ0) is 22.7. The number of aryl methyl sites for hydroxylation is 3. The molecule has 3 aromatic carbocycles. The van der Waals surface area contributed by atoms with Gasteiger partial charge in [0.2, 0.25) is 0 Å². The van der Waals surface area contributed by atoms with Crippen molar-refractivity contribution in [2.24, 2.45) is 0 Å². The van der Waals surface area contributed by atoms with E-state index in [9.17, 15) is 4.79 Å². The molecule has 3 rings (SSSR count). The van der Waals surface area contributed by atoms with Gasteiger partial charge in [-0.1, -0.05) is 45.7 Å². The Morgan fingerprint density at radius 3 is 2.35 bits per heavy atom. The number of ether oxygens (including phenoxy) is 1. The van der Waals surface area contributed by atoms with Gasteiger partial charge in [0, 0.05) is 15.6 Å². The SMILES string of the molecule is Cc1cc(Br)ccc1Oc1cc(C)c(NC(=S)NC(=O)c2ccccc2C)c(Cl)c1C. The number of halogens is 2. The van der Waals surface area contributed by atoms with E-state index in [1.54, 1.807) is 6.07 Å². The minimum absolute atomic E-state index is 0.176. The van der Waals surface area contributed by atoms with Crippen LogP contribution in [0.5, 0.6) is 11.5 Å². The number of nitrogens with one attached hydrogen (secondary N) is 2. The maximum Gasteiger partial charge on any atom is 0.257 e. The molecule has 1 amide bonds. The maximum absolute atomic E-state index is 12.5. The lowest BCUT2D eigenvalue weighted by atomic mass is 10.1. The van der Waals surface area contributed by atoms with Gasteiger partial charge in [-0.05, 0) is 86.9 Å². The lowest BCUT2D eigenvalue weighted by Gasteiger charge is -2.18. The van der Waals surface area contributed by atoms with Crippen LogP contribution in [-0.4, -0.2) is 11.0 Å². The first kappa shape index (κ1) is 23.3. The molecule has 0 aromatic heterocycles. The van der Waals surface area contributed by atoms with Crippen LogP contribution >= 0.6 is 39.7 Å². The fraction of sp³-hybridized carbons (Fsp3) is 0.167. The Morgan fingerprint density at radius 2 is 1.68 bits per heavy atom. The average molecular weight is 518 g/mol. The Labute approximate surface area is 201 Å². The molecule has 4 nitrogen and oxygen atoms in total. The van der Waals surface area contributed by atoms with Gasteiger partial charge < -0.3 is 10.1 Å². The van der Waals surface area contributed by atoms with Crippen molar-refractivity contribution in [1.82, 2.24) is 5.32 Å². The van der Waals surface area contributed by atoms with E-state index in [0.717, 1.165) is 32.5 Å². The maximum atomic E-state index is 12.5. The minimum Gasteiger partial charge on any atom is -0.457 e. The Kier molecular flexibility index (Phi) is 7.36. The summed E-state index contributed by atoms with van der Waals surface area (Å²) in [6.07, 6.45) is 0. The predicted molar refractivity (Wildman–Crippen MR) is 135 cm³/mol. The molecule has 0 saturated heterocycles. The molecule has 0 aliphatic carbocycles. The molecule has 7 heteroatoms. The van der Waals surface area contributed by atoms with Crippen molar-refractivity contribution in [3.05, 3.63) is 85.8 Å². The van der Waals surface area contributed by atoms with Crippen LogP contribution in [0.4, 0.5) is 5.69 Å². The smallest absolute Gasteiger partial charge is 0.257 e. The Balaban J connectivity index is 1.79. The van der Waals surface area contributed by atoms with Gasteiger partial charge in [-0.2, -0.15) is 0 Å². The van der Waals surface area contributed by atoms with Crippen molar-refractivity contribution in [3.8, 4) is 11.5 Å². The van der Waals surface area contributed by atoms with Crippen molar-refractivity contribution in [3.63, 3.8) is 0 Å². The summed E-state index contributed by atoms with van der Waals surface area (Å²) in [5.74, 6) is 1.14. The van der Waals surface area contributed by atoms with E-state index in [1.807, 2.05) is 70.2 Å². The third-order valence-corrected chi connectivity index (χ3v) is 6.04. The third-order valence-electron chi connectivity index (χ3n) is 4.87. The first-order chi connectivity index (χ1) is 14.7. The molecule has 0 bridgehead atoms. The molecule has 0 atom stereocenters. The molecule has 2 N–H and O–H groups in total. The molecule has 31 heavy (non-hydrogen) atoms. The summed E-state index contributed by atoms with van der Waals surface area (Å²) in [4.78, 5) is 12.5. The fourth-order valence-electron chi connectivity index (χ4n) is 3.09. The highest BCUT2D eigenvalue weighted by Crippen LogP contribution is 2.38. The van der Waals surface area contributed by atoms with Crippen LogP contribution in [-0.2, 0) is 0 Å². The molecule has 0 aliphatic heterocycles. The summed E-state index contributed by atoms with van der Waals surface area (Å²) >= 11 is 15.4. The largest absolute Gasteiger partial charge is 0.457 e. The molecule has 0 radical (unpaired) electrons. The number of hydrogen-bond acceptors (Lipinski definition) is 3. The van der Waals surface area contributed by atoms with Gasteiger partial charge in [-0.3, -0.25) is 10.1 Å². The minimum atomic E-state index is -0.272. The van der Waals surface area contributed by atoms with Gasteiger partial charge in [-0.15, -0.1) is 0 Å². The Morgan fingerprint density at radius 1 is 0.968 bits per heavy atom. The lowest BCUT2D eigenvalue weighted by Crippen LogP contribution is -2.34. The van der Waals surface area contributed by atoms with Gasteiger partial charge in [0.1, 0.15) is 11.5 Å². The van der Waals surface area contributed by atoms with E-state index in [1.165, 1.54) is 0 Å². The summed E-state index contributed by atoms with van der Waals surface area (Å²) in [6, 6.07) is 15.1.